The molecular formula is C11H10N2O2S. The molecule has 0 atom stereocenters. The van der Waals surface area contributed by atoms with Gasteiger partial charge in [-0.2, -0.15) is 5.10 Å². The second-order valence-electron chi connectivity index (χ2n) is 3.92. The van der Waals surface area contributed by atoms with E-state index in [1.54, 1.807) is 0 Å². The minimum atomic E-state index is -0.890. The Bertz CT molecular complexity index is 526. The van der Waals surface area contributed by atoms with Crippen LogP contribution in [0.5, 0.6) is 0 Å². The highest BCUT2D eigenvalue weighted by Gasteiger charge is 2.32. The van der Waals surface area contributed by atoms with Gasteiger partial charge in [0.1, 0.15) is 11.3 Å². The highest BCUT2D eigenvalue weighted by molar-refractivity contribution is 7.13. The quantitative estimate of drug-likeness (QED) is 0.858. The fraction of sp³-hybridized carbons (Fsp3) is 0.273. The van der Waals surface area contributed by atoms with E-state index in [1.807, 2.05) is 17.5 Å². The van der Waals surface area contributed by atoms with Crippen molar-refractivity contribution in [2.45, 2.75) is 18.8 Å². The summed E-state index contributed by atoms with van der Waals surface area (Å²) in [4.78, 5) is 12.2. The number of nitrogens with zero attached hydrogens (tertiary/aromatic N) is 1. The molecule has 0 saturated heterocycles. The van der Waals surface area contributed by atoms with Gasteiger partial charge >= 0.3 is 5.97 Å². The predicted octanol–water partition coefficient (Wildman–Crippen LogP) is 2.71. The van der Waals surface area contributed by atoms with Crippen LogP contribution in [-0.2, 0) is 0 Å². The Hall–Kier alpha value is -1.62. The molecule has 2 N–H and O–H groups in total. The van der Waals surface area contributed by atoms with Gasteiger partial charge in [0.2, 0.25) is 0 Å². The summed E-state index contributed by atoms with van der Waals surface area (Å²) >= 11 is 1.51. The molecule has 1 aliphatic rings. The predicted molar refractivity (Wildman–Crippen MR) is 60.8 cm³/mol. The monoisotopic (exact) mass is 234 g/mol. The Labute approximate surface area is 95.9 Å². The summed E-state index contributed by atoms with van der Waals surface area (Å²) in [6.45, 7) is 0. The number of carboxylic acids is 1. The zero-order chi connectivity index (χ0) is 11.1. The summed E-state index contributed by atoms with van der Waals surface area (Å²) < 4.78 is 0. The lowest BCUT2D eigenvalue weighted by Gasteiger charge is -1.97. The lowest BCUT2D eigenvalue weighted by Crippen LogP contribution is -2.00. The van der Waals surface area contributed by atoms with Gasteiger partial charge in [-0.25, -0.2) is 4.79 Å². The number of rotatable bonds is 3. The summed E-state index contributed by atoms with van der Waals surface area (Å²) in [5, 5.41) is 18.2. The molecule has 1 fully saturated rings. The topological polar surface area (TPSA) is 66.0 Å². The van der Waals surface area contributed by atoms with Gasteiger partial charge in [-0.05, 0) is 24.3 Å². The Morgan fingerprint density at radius 2 is 2.38 bits per heavy atom. The lowest BCUT2D eigenvalue weighted by molar-refractivity contribution is 0.0696. The van der Waals surface area contributed by atoms with Crippen molar-refractivity contribution in [3.63, 3.8) is 0 Å². The molecule has 16 heavy (non-hydrogen) atoms. The first-order valence-electron chi connectivity index (χ1n) is 5.13. The van der Waals surface area contributed by atoms with Gasteiger partial charge in [-0.3, -0.25) is 5.10 Å². The molecule has 2 aromatic heterocycles. The largest absolute Gasteiger partial charge is 0.478 e. The van der Waals surface area contributed by atoms with Gasteiger partial charge in [-0.15, -0.1) is 11.3 Å². The molecule has 0 aliphatic heterocycles. The summed E-state index contributed by atoms with van der Waals surface area (Å²) in [7, 11) is 0. The van der Waals surface area contributed by atoms with Crippen LogP contribution in [0, 0.1) is 0 Å². The average molecular weight is 234 g/mol. The van der Waals surface area contributed by atoms with Crippen molar-refractivity contribution in [2.75, 3.05) is 0 Å². The number of H-pyrrole nitrogens is 1. The van der Waals surface area contributed by atoms with Crippen LogP contribution >= 0.6 is 11.3 Å². The van der Waals surface area contributed by atoms with E-state index in [0.29, 0.717) is 17.2 Å². The lowest BCUT2D eigenvalue weighted by atomic mass is 10.1. The minimum absolute atomic E-state index is 0.352. The van der Waals surface area contributed by atoms with Gasteiger partial charge in [-0.1, -0.05) is 6.07 Å². The third-order valence-corrected chi connectivity index (χ3v) is 3.62. The molecule has 0 bridgehead atoms. The third kappa shape index (κ3) is 1.44. The van der Waals surface area contributed by atoms with Gasteiger partial charge in [0.05, 0.1) is 10.6 Å². The van der Waals surface area contributed by atoms with E-state index in [2.05, 4.69) is 10.2 Å². The number of thiophene rings is 1. The number of hydrogen-bond acceptors (Lipinski definition) is 3. The summed E-state index contributed by atoms with van der Waals surface area (Å²) in [5.41, 5.74) is 1.71. The molecule has 2 heterocycles. The van der Waals surface area contributed by atoms with Crippen LogP contribution in [0.1, 0.15) is 34.8 Å². The number of aromatic nitrogens is 2. The van der Waals surface area contributed by atoms with Crippen molar-refractivity contribution in [1.29, 1.82) is 0 Å². The second kappa shape index (κ2) is 3.45. The molecule has 1 saturated carbocycles. The SMILES string of the molecule is O=C(O)c1c(-c2cccs2)n[nH]c1C1CC1. The van der Waals surface area contributed by atoms with E-state index in [4.69, 9.17) is 0 Å². The Balaban J connectivity index is 2.14. The van der Waals surface area contributed by atoms with Crippen LogP contribution in [0.4, 0.5) is 0 Å². The molecule has 82 valence electrons. The number of aromatic amines is 1. The molecular weight excluding hydrogens is 224 g/mol. The van der Waals surface area contributed by atoms with Crippen LogP contribution in [0.3, 0.4) is 0 Å². The van der Waals surface area contributed by atoms with Crippen molar-refractivity contribution in [3.8, 4) is 10.6 Å². The maximum Gasteiger partial charge on any atom is 0.339 e. The molecule has 0 aromatic carbocycles. The number of carbonyl (C=O) groups is 1. The first-order chi connectivity index (χ1) is 7.77. The molecule has 1 aliphatic carbocycles. The number of aromatic carboxylic acids is 1. The maximum absolute atomic E-state index is 11.3. The van der Waals surface area contributed by atoms with Gasteiger partial charge in [0.15, 0.2) is 0 Å². The second-order valence-corrected chi connectivity index (χ2v) is 4.87. The number of nitrogens with one attached hydrogen (secondary N) is 1. The maximum atomic E-state index is 11.3. The van der Waals surface area contributed by atoms with Crippen LogP contribution in [0.25, 0.3) is 10.6 Å². The summed E-state index contributed by atoms with van der Waals surface area (Å²) in [6.07, 6.45) is 2.12. The summed E-state index contributed by atoms with van der Waals surface area (Å²) in [5.74, 6) is -0.522. The fourth-order valence-electron chi connectivity index (χ4n) is 1.83. The molecule has 3 rings (SSSR count). The molecule has 0 spiro atoms. The van der Waals surface area contributed by atoms with E-state index in [-0.39, 0.29) is 0 Å². The van der Waals surface area contributed by atoms with E-state index < -0.39 is 5.97 Å². The van der Waals surface area contributed by atoms with E-state index >= 15 is 0 Å². The van der Waals surface area contributed by atoms with Crippen LogP contribution in [-0.4, -0.2) is 21.3 Å². The van der Waals surface area contributed by atoms with Crippen LogP contribution in [0.15, 0.2) is 17.5 Å². The molecule has 0 unspecified atom stereocenters. The highest BCUT2D eigenvalue weighted by Crippen LogP contribution is 2.43. The van der Waals surface area contributed by atoms with Crippen molar-refractivity contribution in [3.05, 3.63) is 28.8 Å². The van der Waals surface area contributed by atoms with Crippen LogP contribution < -0.4 is 0 Å². The van der Waals surface area contributed by atoms with Crippen molar-refractivity contribution >= 4 is 17.3 Å². The van der Waals surface area contributed by atoms with Crippen molar-refractivity contribution < 1.29 is 9.90 Å². The Kier molecular flexibility index (Phi) is 2.07. The molecule has 2 aromatic rings. The zero-order valence-corrected chi connectivity index (χ0v) is 9.25. The highest BCUT2D eigenvalue weighted by atomic mass is 32.1. The Morgan fingerprint density at radius 3 is 2.94 bits per heavy atom. The van der Waals surface area contributed by atoms with E-state index in [0.717, 1.165) is 23.4 Å². The first kappa shape index (κ1) is 9.59. The van der Waals surface area contributed by atoms with Gasteiger partial charge < -0.3 is 5.11 Å². The van der Waals surface area contributed by atoms with Crippen molar-refractivity contribution in [1.82, 2.24) is 10.2 Å². The molecule has 0 radical (unpaired) electrons. The van der Waals surface area contributed by atoms with Gasteiger partial charge in [0.25, 0.3) is 0 Å². The standard InChI is InChI=1S/C11H10N2O2S/c14-11(15)8-9(6-3-4-6)12-13-10(8)7-2-1-5-16-7/h1-2,5-6H,3-4H2,(H,12,13)(H,14,15). The fourth-order valence-corrected chi connectivity index (χ4v) is 2.55. The molecule has 4 nitrogen and oxygen atoms in total. The smallest absolute Gasteiger partial charge is 0.339 e. The Morgan fingerprint density at radius 1 is 1.56 bits per heavy atom. The zero-order valence-electron chi connectivity index (χ0n) is 8.43. The summed E-state index contributed by atoms with van der Waals surface area (Å²) in [6, 6.07) is 3.79. The molecule has 0 amide bonds. The minimum Gasteiger partial charge on any atom is -0.478 e. The van der Waals surface area contributed by atoms with Crippen LogP contribution in [0.2, 0.25) is 0 Å². The number of carboxylic acid groups (broad SMARTS) is 1. The van der Waals surface area contributed by atoms with Crippen molar-refractivity contribution in [2.24, 2.45) is 0 Å². The van der Waals surface area contributed by atoms with Gasteiger partial charge in [0, 0.05) is 5.92 Å². The third-order valence-electron chi connectivity index (χ3n) is 2.75. The number of hydrogen-bond donors (Lipinski definition) is 2. The van der Waals surface area contributed by atoms with E-state index in [1.165, 1.54) is 11.3 Å². The first-order valence-corrected chi connectivity index (χ1v) is 6.00. The average Bonchev–Trinajstić information content (AvgIpc) is 2.83. The molecule has 5 heteroatoms. The normalized spacial score (nSPS) is 15.2. The van der Waals surface area contributed by atoms with E-state index in [9.17, 15) is 9.90 Å².